The summed E-state index contributed by atoms with van der Waals surface area (Å²) in [5.41, 5.74) is -0.640. The van der Waals surface area contributed by atoms with E-state index >= 15 is 0 Å². The fourth-order valence-electron chi connectivity index (χ4n) is 1.33. The summed E-state index contributed by atoms with van der Waals surface area (Å²) in [5, 5.41) is 0. The van der Waals surface area contributed by atoms with Crippen LogP contribution in [-0.2, 0) is 9.13 Å². The van der Waals surface area contributed by atoms with Gasteiger partial charge in [0.25, 0.3) is 0 Å². The van der Waals surface area contributed by atoms with Crippen LogP contribution in [0.15, 0.2) is 0 Å². The van der Waals surface area contributed by atoms with Crippen LogP contribution in [0.25, 0.3) is 0 Å². The second-order valence-electron chi connectivity index (χ2n) is 3.23. The van der Waals surface area contributed by atoms with Crippen LogP contribution in [-0.4, -0.2) is 34.4 Å². The first kappa shape index (κ1) is 9.47. The Morgan fingerprint density at radius 3 is 2.27 bits per heavy atom. The Kier molecular flexibility index (Phi) is 2.33. The molecule has 0 saturated carbocycles. The van der Waals surface area contributed by atoms with Gasteiger partial charge in [-0.2, -0.15) is 0 Å². The molecule has 0 aromatic rings. The average Bonchev–Trinajstić information content (AvgIpc) is 2.07. The van der Waals surface area contributed by atoms with Gasteiger partial charge in [-0.15, -0.1) is 0 Å². The third kappa shape index (κ3) is 2.41. The van der Waals surface area contributed by atoms with E-state index in [1.165, 1.54) is 0 Å². The SMILES string of the molecule is C[P@@]1(=O)CC[C@@H](P(=O)(O)O)C1. The molecular formula is C5H12O4P2. The molecule has 1 rings (SSSR count). The van der Waals surface area contributed by atoms with Crippen LogP contribution < -0.4 is 0 Å². The molecule has 0 amide bonds. The van der Waals surface area contributed by atoms with Gasteiger partial charge in [-0.1, -0.05) is 0 Å². The summed E-state index contributed by atoms with van der Waals surface area (Å²) in [6, 6.07) is 0. The Bertz CT molecular complexity index is 243. The first-order chi connectivity index (χ1) is 4.81. The van der Waals surface area contributed by atoms with Crippen molar-refractivity contribution >= 4 is 14.7 Å². The van der Waals surface area contributed by atoms with Gasteiger partial charge in [0.1, 0.15) is 0 Å². The molecular weight excluding hydrogens is 186 g/mol. The van der Waals surface area contributed by atoms with E-state index in [4.69, 9.17) is 9.79 Å². The van der Waals surface area contributed by atoms with E-state index in [2.05, 4.69) is 0 Å². The van der Waals surface area contributed by atoms with E-state index in [1.54, 1.807) is 6.66 Å². The maximum absolute atomic E-state index is 11.3. The summed E-state index contributed by atoms with van der Waals surface area (Å²) < 4.78 is 22.0. The number of hydrogen-bond acceptors (Lipinski definition) is 2. The lowest BCUT2D eigenvalue weighted by Crippen LogP contribution is -2.05. The van der Waals surface area contributed by atoms with Gasteiger partial charge in [0, 0.05) is 12.3 Å². The Morgan fingerprint density at radius 2 is 2.09 bits per heavy atom. The van der Waals surface area contributed by atoms with Crippen LogP contribution in [0, 0.1) is 0 Å². The normalized spacial score (nSPS) is 39.4. The molecule has 0 radical (unpaired) electrons. The van der Waals surface area contributed by atoms with Crippen LogP contribution in [0.3, 0.4) is 0 Å². The first-order valence-corrected chi connectivity index (χ1v) is 7.63. The minimum absolute atomic E-state index is 0.220. The molecule has 1 saturated heterocycles. The molecule has 0 unspecified atom stereocenters. The van der Waals surface area contributed by atoms with Gasteiger partial charge in [-0.05, 0) is 13.1 Å². The van der Waals surface area contributed by atoms with Gasteiger partial charge >= 0.3 is 7.60 Å². The Labute approximate surface area is 65.5 Å². The van der Waals surface area contributed by atoms with E-state index < -0.39 is 20.4 Å². The Morgan fingerprint density at radius 1 is 1.55 bits per heavy atom. The lowest BCUT2D eigenvalue weighted by molar-refractivity contribution is 0.361. The molecule has 1 fully saturated rings. The summed E-state index contributed by atoms with van der Waals surface area (Å²) >= 11 is 0. The third-order valence-corrected chi connectivity index (χ3v) is 6.11. The molecule has 2 N–H and O–H groups in total. The first-order valence-electron chi connectivity index (χ1n) is 3.42. The minimum atomic E-state index is -3.97. The zero-order chi connectivity index (χ0) is 8.70. The molecule has 11 heavy (non-hydrogen) atoms. The van der Waals surface area contributed by atoms with Gasteiger partial charge < -0.3 is 14.4 Å². The highest BCUT2D eigenvalue weighted by Gasteiger charge is 2.39. The number of hydrogen-bond donors (Lipinski definition) is 2. The molecule has 0 aromatic carbocycles. The van der Waals surface area contributed by atoms with Crippen LogP contribution >= 0.6 is 14.7 Å². The second-order valence-corrected chi connectivity index (χ2v) is 8.55. The molecule has 1 aliphatic heterocycles. The lowest BCUT2D eigenvalue weighted by atomic mass is 10.4. The molecule has 2 atom stereocenters. The highest BCUT2D eigenvalue weighted by atomic mass is 31.2. The largest absolute Gasteiger partial charge is 0.329 e. The second kappa shape index (κ2) is 2.70. The van der Waals surface area contributed by atoms with Crippen molar-refractivity contribution in [1.82, 2.24) is 0 Å². The van der Waals surface area contributed by atoms with Crippen molar-refractivity contribution in [3.05, 3.63) is 0 Å². The van der Waals surface area contributed by atoms with E-state index in [-0.39, 0.29) is 6.16 Å². The maximum Gasteiger partial charge on any atom is 0.329 e. The summed E-state index contributed by atoms with van der Waals surface area (Å²) in [5.74, 6) is 0. The van der Waals surface area contributed by atoms with Gasteiger partial charge in [-0.3, -0.25) is 4.57 Å². The van der Waals surface area contributed by atoms with Gasteiger partial charge in [0.05, 0.1) is 12.8 Å². The quantitative estimate of drug-likeness (QED) is 0.614. The topological polar surface area (TPSA) is 74.6 Å². The molecule has 66 valence electrons. The Balaban J connectivity index is 2.70. The van der Waals surface area contributed by atoms with E-state index in [0.29, 0.717) is 12.6 Å². The van der Waals surface area contributed by atoms with Crippen molar-refractivity contribution < 1.29 is 18.9 Å². The molecule has 0 spiro atoms. The van der Waals surface area contributed by atoms with Crippen molar-refractivity contribution in [2.75, 3.05) is 19.0 Å². The Hall–Kier alpha value is 0.380. The predicted octanol–water partition coefficient (Wildman–Crippen LogP) is 0.929. The van der Waals surface area contributed by atoms with Crippen molar-refractivity contribution in [3.8, 4) is 0 Å². The van der Waals surface area contributed by atoms with E-state index in [0.717, 1.165) is 0 Å². The van der Waals surface area contributed by atoms with Gasteiger partial charge in [-0.25, -0.2) is 0 Å². The van der Waals surface area contributed by atoms with Gasteiger partial charge in [0.15, 0.2) is 0 Å². The highest BCUT2D eigenvalue weighted by molar-refractivity contribution is 7.65. The van der Waals surface area contributed by atoms with E-state index in [9.17, 15) is 9.13 Å². The van der Waals surface area contributed by atoms with Crippen molar-refractivity contribution in [3.63, 3.8) is 0 Å². The zero-order valence-electron chi connectivity index (χ0n) is 6.30. The molecule has 1 heterocycles. The van der Waals surface area contributed by atoms with Crippen LogP contribution in [0.4, 0.5) is 0 Å². The van der Waals surface area contributed by atoms with Gasteiger partial charge in [0.2, 0.25) is 0 Å². The molecule has 6 heteroatoms. The molecule has 0 aromatic heterocycles. The maximum atomic E-state index is 11.3. The van der Waals surface area contributed by atoms with Crippen molar-refractivity contribution in [2.45, 2.75) is 12.1 Å². The molecule has 1 aliphatic rings. The minimum Gasteiger partial charge on any atom is -0.324 e. The van der Waals surface area contributed by atoms with Crippen molar-refractivity contribution in [2.24, 2.45) is 0 Å². The van der Waals surface area contributed by atoms with Crippen LogP contribution in [0.2, 0.25) is 0 Å². The fraction of sp³-hybridized carbons (Fsp3) is 1.00. The van der Waals surface area contributed by atoms with Crippen LogP contribution in [0.1, 0.15) is 6.42 Å². The zero-order valence-corrected chi connectivity index (χ0v) is 8.09. The molecule has 0 aliphatic carbocycles. The number of rotatable bonds is 1. The third-order valence-electron chi connectivity index (χ3n) is 2.01. The predicted molar refractivity (Wildman–Crippen MR) is 43.7 cm³/mol. The fourth-order valence-corrected chi connectivity index (χ4v) is 6.00. The lowest BCUT2D eigenvalue weighted by Gasteiger charge is -2.10. The summed E-state index contributed by atoms with van der Waals surface area (Å²) in [6.07, 6.45) is 1.12. The average molecular weight is 198 g/mol. The molecule has 0 bridgehead atoms. The summed E-state index contributed by atoms with van der Waals surface area (Å²) in [4.78, 5) is 17.5. The van der Waals surface area contributed by atoms with E-state index in [1.807, 2.05) is 0 Å². The van der Waals surface area contributed by atoms with Crippen LogP contribution in [0.5, 0.6) is 0 Å². The smallest absolute Gasteiger partial charge is 0.324 e. The van der Waals surface area contributed by atoms with Crippen molar-refractivity contribution in [1.29, 1.82) is 0 Å². The molecule has 4 nitrogen and oxygen atoms in total. The summed E-state index contributed by atoms with van der Waals surface area (Å²) in [7, 11) is -6.15. The highest BCUT2D eigenvalue weighted by Crippen LogP contribution is 2.58. The standard InChI is InChI=1S/C5H12O4P2/c1-10(6)3-2-5(4-10)11(7,8)9/h5H,2-4H2,1H3,(H2,7,8,9)/t5-,10-/m1/s1. The summed E-state index contributed by atoms with van der Waals surface area (Å²) in [6.45, 7) is 1.61. The monoisotopic (exact) mass is 198 g/mol.